The molecule has 0 saturated carbocycles. The number of benzene rings is 10. The fourth-order valence-corrected chi connectivity index (χ4v) is 21.0. The van der Waals surface area contributed by atoms with Gasteiger partial charge in [-0.05, 0) is 404 Å². The molecular formula is C130H190N10O5Si5. The number of hydrogen-bond donors (Lipinski definition) is 0. The monoisotopic (exact) mass is 2110 g/mol. The Labute approximate surface area is 915 Å². The highest BCUT2D eigenvalue weighted by atomic mass is 28.4. The summed E-state index contributed by atoms with van der Waals surface area (Å²) in [6, 6.07) is 64.0. The van der Waals surface area contributed by atoms with E-state index in [2.05, 4.69) is 453 Å². The van der Waals surface area contributed by atoms with Gasteiger partial charge in [-0.15, -0.1) is 0 Å². The molecule has 0 unspecified atom stereocenters. The van der Waals surface area contributed by atoms with Crippen LogP contribution in [-0.4, -0.2) is 132 Å². The second-order valence-corrected chi connectivity index (χ2v) is 67.1. The van der Waals surface area contributed by atoms with Crippen LogP contribution in [-0.2, 0) is 73.5 Å². The fraction of sp³-hybridized carbons (Fsp3) is 0.462. The van der Waals surface area contributed by atoms with E-state index in [-0.39, 0.29) is 0 Å². The van der Waals surface area contributed by atoms with Crippen molar-refractivity contribution in [1.29, 1.82) is 0 Å². The van der Waals surface area contributed by atoms with Crippen LogP contribution in [0.4, 0.5) is 56.9 Å². The number of rotatable bonds is 45. The normalized spacial score (nSPS) is 13.1. The summed E-state index contributed by atoms with van der Waals surface area (Å²) in [5, 5.41) is 0. The lowest BCUT2D eigenvalue weighted by molar-refractivity contribution is 0.307. The summed E-state index contributed by atoms with van der Waals surface area (Å²) in [6.07, 6.45) is 13.8. The van der Waals surface area contributed by atoms with E-state index in [1.54, 1.807) is 0 Å². The third kappa shape index (κ3) is 43.7. The molecule has 10 aromatic carbocycles. The van der Waals surface area contributed by atoms with Crippen LogP contribution in [0.3, 0.4) is 0 Å². The van der Waals surface area contributed by atoms with E-state index in [4.69, 9.17) is 72.1 Å². The predicted octanol–water partition coefficient (Wildman–Crippen LogP) is 37.9. The number of nitrogens with zero attached hydrogens (tertiary/aromatic N) is 10. The molecule has 20 heteroatoms. The predicted molar refractivity (Wildman–Crippen MR) is 674 cm³/mol. The Hall–Kier alpha value is -10.2. The van der Waals surface area contributed by atoms with Crippen LogP contribution in [0.15, 0.2) is 232 Å². The molecule has 15 nitrogen and oxygen atoms in total. The number of aliphatic imine (C=N–C) groups is 10. The van der Waals surface area contributed by atoms with Crippen LogP contribution >= 0.6 is 0 Å². The van der Waals surface area contributed by atoms with Gasteiger partial charge >= 0.3 is 0 Å². The van der Waals surface area contributed by atoms with Crippen molar-refractivity contribution < 1.29 is 22.1 Å². The van der Waals surface area contributed by atoms with Gasteiger partial charge in [0.1, 0.15) is 0 Å². The molecule has 0 radical (unpaired) electrons. The van der Waals surface area contributed by atoms with Gasteiger partial charge in [-0.3, -0.25) is 49.9 Å². The summed E-state index contributed by atoms with van der Waals surface area (Å²) in [7, 11) is -7.71. The Morgan fingerprint density at radius 3 is 0.460 bits per heavy atom. The quantitative estimate of drug-likeness (QED) is 0.0210. The van der Waals surface area contributed by atoms with E-state index in [1.807, 2.05) is 0 Å². The maximum atomic E-state index is 6.20. The smallest absolute Gasteiger partial charge is 0.183 e. The van der Waals surface area contributed by atoms with Gasteiger partial charge in [-0.25, -0.2) is 0 Å². The zero-order valence-corrected chi connectivity index (χ0v) is 105. The molecule has 0 fully saturated rings. The summed E-state index contributed by atoms with van der Waals surface area (Å²) in [5.41, 5.74) is 45.5. The van der Waals surface area contributed by atoms with Crippen molar-refractivity contribution in [2.75, 3.05) is 33.0 Å². The van der Waals surface area contributed by atoms with Crippen LogP contribution in [0.5, 0.6) is 0 Å². The first-order valence-electron chi connectivity index (χ1n) is 55.4. The molecule has 10 aromatic rings. The molecule has 150 heavy (non-hydrogen) atoms. The average molecular weight is 2110 g/mol. The molecule has 0 N–H and O–H groups in total. The first-order valence-corrected chi connectivity index (χ1v) is 72.4. The topological polar surface area (TPSA) is 170 Å². The molecule has 0 amide bonds. The molecule has 0 aliphatic carbocycles. The van der Waals surface area contributed by atoms with Gasteiger partial charge in [-0.2, -0.15) is 0 Å². The van der Waals surface area contributed by atoms with Crippen molar-refractivity contribution in [3.63, 3.8) is 0 Å². The largest absolute Gasteiger partial charge is 0.418 e. The first-order chi connectivity index (χ1) is 70.7. The fourth-order valence-electron chi connectivity index (χ4n) is 17.3. The highest BCUT2D eigenvalue weighted by Gasteiger charge is 2.25. The van der Waals surface area contributed by atoms with Gasteiger partial charge < -0.3 is 22.1 Å². The highest BCUT2D eigenvalue weighted by molar-refractivity contribution is 6.71. The molecule has 0 heterocycles. The van der Waals surface area contributed by atoms with Crippen molar-refractivity contribution in [2.45, 2.75) is 368 Å². The van der Waals surface area contributed by atoms with Gasteiger partial charge in [0.05, 0.1) is 114 Å². The van der Waals surface area contributed by atoms with Gasteiger partial charge in [0, 0.05) is 52.3 Å². The molecule has 0 spiro atoms. The maximum absolute atomic E-state index is 6.20. The van der Waals surface area contributed by atoms with Crippen LogP contribution in [0.1, 0.15) is 246 Å². The standard InChI is InChI=1S/C29H44N2OSi.C28H42N2OSi.C25H36N2OSi.2C24H34N2OSi/c1-9-23-16-13-17-24(10-2)28(23)30-22(5)27(20-15-21-32-33(6,7)8)31-29-25(11-3)18-14-19-26(29)12-4;1-9-22-15-13-16-23(10-2)27(22)29-21(5)26(19-20-31-32(6,7)8)30-28-24(11-3)17-14-18-25(28)12-4;1-18-12-9-13-19(2)24(18)26-22(5)23(16-11-17-28-29(6,7)8)27-25-20(3)14-10-15-21(25)4;2*1-17-11-9-12-18(2)23(17)25-21(5)22(15-16-27-28(6,7)8)26-24-19(3)13-10-14-20(24)4/h13-14,16-19H,9-12,15,20-21H2,1-8H3;13-18H,9-12,19-20H2,1-8H3;9-10,12-15H,11,16-17H2,1-8H3;2*9-14H,15-16H2,1-8H3. The van der Waals surface area contributed by atoms with Crippen molar-refractivity contribution in [2.24, 2.45) is 49.9 Å². The van der Waals surface area contributed by atoms with E-state index in [9.17, 15) is 0 Å². The minimum Gasteiger partial charge on any atom is -0.418 e. The third-order valence-electron chi connectivity index (χ3n) is 26.0. The van der Waals surface area contributed by atoms with Crippen LogP contribution < -0.4 is 0 Å². The molecule has 10 rings (SSSR count). The molecule has 0 atom stereocenters. The number of aryl methyl sites for hydroxylation is 20. The number of para-hydroxylation sites is 10. The third-order valence-corrected chi connectivity index (χ3v) is 31.4. The lowest BCUT2D eigenvalue weighted by atomic mass is 10.0. The summed E-state index contributed by atoms with van der Waals surface area (Å²) in [5.74, 6) is 0. The van der Waals surface area contributed by atoms with E-state index in [1.165, 1.54) is 111 Å². The minimum atomic E-state index is -1.58. The molecule has 0 aliphatic rings. The second-order valence-electron chi connectivity index (χ2n) is 44.5. The Balaban J connectivity index is 0.000000286. The van der Waals surface area contributed by atoms with Crippen LogP contribution in [0.2, 0.25) is 98.2 Å². The molecule has 0 saturated heterocycles. The summed E-state index contributed by atoms with van der Waals surface area (Å²) < 4.78 is 30.6. The first kappa shape index (κ1) is 128. The summed E-state index contributed by atoms with van der Waals surface area (Å²) >= 11 is 0. The number of hydrogen-bond acceptors (Lipinski definition) is 15. The SMILES string of the molecule is CC(=Nc1c(C)cccc1C)C(CCCO[Si](C)(C)C)=Nc1c(C)cccc1C.CC(=Nc1c(C)cccc1C)C(CCO[Si](C)(C)C)=Nc1c(C)cccc1C.CC(=Nc1c(C)cccc1C)C(CCO[Si](C)(C)C)=Nc1c(C)cccc1C.CCc1cccc(CC)c1N=C(C)C(CCCO[Si](C)(C)C)=Nc1c(CC)cccc1CC.CCc1cccc(CC)c1N=C(C)C(CCO[Si](C)(C)C)=Nc1c(CC)cccc1CC. The van der Waals surface area contributed by atoms with Crippen LogP contribution in [0.25, 0.3) is 0 Å². The van der Waals surface area contributed by atoms with Gasteiger partial charge in [0.25, 0.3) is 0 Å². The molecule has 0 bridgehead atoms. The van der Waals surface area contributed by atoms with Crippen LogP contribution in [0, 0.1) is 83.1 Å². The summed E-state index contributed by atoms with van der Waals surface area (Å²) in [4.78, 5) is 51.0. The molecule has 0 aromatic heterocycles. The molecular weight excluding hydrogens is 1920 g/mol. The molecule has 810 valence electrons. The molecule has 0 aliphatic heterocycles. The van der Waals surface area contributed by atoms with Gasteiger partial charge in [-0.1, -0.05) is 237 Å². The van der Waals surface area contributed by atoms with Crippen molar-refractivity contribution >= 4 is 156 Å². The van der Waals surface area contributed by atoms with Crippen molar-refractivity contribution in [1.82, 2.24) is 0 Å². The van der Waals surface area contributed by atoms with E-state index < -0.39 is 41.6 Å². The Bertz CT molecular complexity index is 6030. The van der Waals surface area contributed by atoms with E-state index in [0.29, 0.717) is 19.8 Å². The zero-order valence-electron chi connectivity index (χ0n) is 100. The lowest BCUT2D eigenvalue weighted by Gasteiger charge is -2.18. The van der Waals surface area contributed by atoms with Gasteiger partial charge in [0.15, 0.2) is 41.6 Å². The Morgan fingerprint density at radius 2 is 0.300 bits per heavy atom. The average Bonchev–Trinajstić information content (AvgIpc) is 0.825. The Kier molecular flexibility index (Phi) is 53.8. The van der Waals surface area contributed by atoms with Crippen molar-refractivity contribution in [3.05, 3.63) is 293 Å². The zero-order chi connectivity index (χ0) is 112. The second kappa shape index (κ2) is 62.8. The maximum Gasteiger partial charge on any atom is 0.183 e. The minimum absolute atomic E-state index is 0.680. The highest BCUT2D eigenvalue weighted by Crippen LogP contribution is 2.37. The summed E-state index contributed by atoms with van der Waals surface area (Å²) in [6.45, 7) is 90.4. The Morgan fingerprint density at radius 1 is 0.173 bits per heavy atom. The lowest BCUT2D eigenvalue weighted by Crippen LogP contribution is -2.27. The van der Waals surface area contributed by atoms with Crippen molar-refractivity contribution in [3.8, 4) is 0 Å². The van der Waals surface area contributed by atoms with E-state index >= 15 is 0 Å². The van der Waals surface area contributed by atoms with E-state index in [0.717, 1.165) is 224 Å². The van der Waals surface area contributed by atoms with Gasteiger partial charge in [0.2, 0.25) is 0 Å².